The number of aliphatic hydroxyl groups excluding tert-OH is 2. The number of piperidine rings is 2. The Balaban J connectivity index is 0. The van der Waals surface area contributed by atoms with Gasteiger partial charge >= 0.3 is 6.09 Å². The Morgan fingerprint density at radius 1 is 1.07 bits per heavy atom. The molecular formula is C19H36N4O6. The lowest BCUT2D eigenvalue weighted by Gasteiger charge is -2.36. The van der Waals surface area contributed by atoms with Crippen molar-refractivity contribution in [3.05, 3.63) is 0 Å². The maximum Gasteiger partial charge on any atom is 0.410 e. The average Bonchev–Trinajstić information content (AvgIpc) is 2.54. The first-order valence-corrected chi connectivity index (χ1v) is 9.58. The van der Waals surface area contributed by atoms with Gasteiger partial charge in [-0.05, 0) is 66.8 Å². The molecule has 29 heavy (non-hydrogen) atoms. The predicted molar refractivity (Wildman–Crippen MR) is 107 cm³/mol. The van der Waals surface area contributed by atoms with Crippen LogP contribution in [-0.2, 0) is 14.3 Å². The van der Waals surface area contributed by atoms with E-state index in [9.17, 15) is 9.90 Å². The van der Waals surface area contributed by atoms with Gasteiger partial charge in [-0.15, -0.1) is 0 Å². The molecule has 10 nitrogen and oxygen atoms in total. The summed E-state index contributed by atoms with van der Waals surface area (Å²) in [6.45, 7) is 11.2. The Kier molecular flexibility index (Phi) is 15.9. The molecule has 168 valence electrons. The lowest BCUT2D eigenvalue weighted by atomic mass is 10.0. The van der Waals surface area contributed by atoms with Crippen molar-refractivity contribution in [1.82, 2.24) is 10.2 Å². The molecule has 2 rings (SSSR count). The number of isocyanates is 2. The van der Waals surface area contributed by atoms with E-state index in [0.29, 0.717) is 25.4 Å². The van der Waals surface area contributed by atoms with Crippen LogP contribution in [0.15, 0.2) is 0 Å². The largest absolute Gasteiger partial charge is 0.444 e. The second-order valence-corrected chi connectivity index (χ2v) is 7.94. The highest BCUT2D eigenvalue weighted by Gasteiger charge is 2.30. The molecule has 4 unspecified atom stereocenters. The summed E-state index contributed by atoms with van der Waals surface area (Å²) < 4.78 is 5.29. The van der Waals surface area contributed by atoms with Gasteiger partial charge in [-0.1, -0.05) is 0 Å². The van der Waals surface area contributed by atoms with Crippen LogP contribution in [0.4, 0.5) is 4.79 Å². The van der Waals surface area contributed by atoms with Crippen molar-refractivity contribution >= 4 is 18.3 Å². The smallest absolute Gasteiger partial charge is 0.410 e. The van der Waals surface area contributed by atoms with Crippen LogP contribution in [0.3, 0.4) is 0 Å². The molecule has 2 saturated heterocycles. The van der Waals surface area contributed by atoms with E-state index >= 15 is 0 Å². The molecule has 2 fully saturated rings. The van der Waals surface area contributed by atoms with Crippen LogP contribution in [0.2, 0.25) is 0 Å². The summed E-state index contributed by atoms with van der Waals surface area (Å²) in [6.07, 6.45) is 4.01. The van der Waals surface area contributed by atoms with Crippen LogP contribution in [0.25, 0.3) is 0 Å². The van der Waals surface area contributed by atoms with Crippen LogP contribution < -0.4 is 5.32 Å². The highest BCUT2D eigenvalue weighted by atomic mass is 16.6. The van der Waals surface area contributed by atoms with Gasteiger partial charge in [0.05, 0.1) is 12.2 Å². The van der Waals surface area contributed by atoms with E-state index in [4.69, 9.17) is 30.3 Å². The molecular weight excluding hydrogens is 380 g/mol. The van der Waals surface area contributed by atoms with Crippen molar-refractivity contribution in [1.29, 1.82) is 10.8 Å². The van der Waals surface area contributed by atoms with Gasteiger partial charge in [0, 0.05) is 18.6 Å². The second kappa shape index (κ2) is 15.8. The van der Waals surface area contributed by atoms with Gasteiger partial charge in [-0.3, -0.25) is 0 Å². The van der Waals surface area contributed by atoms with Crippen molar-refractivity contribution in [3.8, 4) is 0 Å². The van der Waals surface area contributed by atoms with Crippen molar-refractivity contribution in [3.63, 3.8) is 0 Å². The minimum Gasteiger partial charge on any atom is -0.444 e. The predicted octanol–water partition coefficient (Wildman–Crippen LogP) is 1.69. The summed E-state index contributed by atoms with van der Waals surface area (Å²) in [4.78, 5) is 30.1. The van der Waals surface area contributed by atoms with Gasteiger partial charge in [0.25, 0.3) is 0 Å². The van der Waals surface area contributed by atoms with E-state index in [1.165, 1.54) is 0 Å². The standard InChI is InChI=1S/C11H21NO3.C6H13NO.2CHNO/c1-8-7-9(13)5-6-12(8)10(14)15-11(2,3)4;1-5-4-6(8)2-3-7-5;2*2-1-3/h8-9,13H,5-7H2,1-4H3;5-8H,2-4H2,1H3;2*2H. The van der Waals surface area contributed by atoms with Gasteiger partial charge < -0.3 is 25.2 Å². The first-order valence-electron chi connectivity index (χ1n) is 9.58. The number of ether oxygens (including phenoxy) is 1. The first-order chi connectivity index (χ1) is 13.4. The number of amides is 1. The lowest BCUT2D eigenvalue weighted by Crippen LogP contribution is -2.47. The number of nitrogens with zero attached hydrogens (tertiary/aromatic N) is 1. The third-order valence-electron chi connectivity index (χ3n) is 4.07. The summed E-state index contributed by atoms with van der Waals surface area (Å²) in [6, 6.07) is 0.572. The van der Waals surface area contributed by atoms with Crippen LogP contribution in [0.5, 0.6) is 0 Å². The zero-order valence-electron chi connectivity index (χ0n) is 18.0. The Hall–Kier alpha value is -2.09. The van der Waals surface area contributed by atoms with Crippen molar-refractivity contribution in [2.45, 2.75) is 90.2 Å². The monoisotopic (exact) mass is 416 g/mol. The zero-order valence-corrected chi connectivity index (χ0v) is 18.0. The summed E-state index contributed by atoms with van der Waals surface area (Å²) in [7, 11) is 0. The minimum absolute atomic E-state index is 0.0498. The maximum absolute atomic E-state index is 11.8. The molecule has 5 N–H and O–H groups in total. The van der Waals surface area contributed by atoms with Crippen molar-refractivity contribution in [2.24, 2.45) is 0 Å². The van der Waals surface area contributed by atoms with Crippen LogP contribution >= 0.6 is 0 Å². The van der Waals surface area contributed by atoms with Gasteiger partial charge in [0.2, 0.25) is 12.2 Å². The molecule has 0 saturated carbocycles. The van der Waals surface area contributed by atoms with Crippen molar-refractivity contribution in [2.75, 3.05) is 13.1 Å². The third kappa shape index (κ3) is 16.6. The summed E-state index contributed by atoms with van der Waals surface area (Å²) in [5.41, 5.74) is -0.452. The molecule has 0 aromatic carbocycles. The van der Waals surface area contributed by atoms with Crippen LogP contribution in [0.1, 0.15) is 60.3 Å². The Labute approximate surface area is 172 Å². The average molecular weight is 417 g/mol. The number of rotatable bonds is 0. The molecule has 2 heterocycles. The maximum atomic E-state index is 11.8. The molecule has 10 heteroatoms. The number of nitrogens with one attached hydrogen (secondary N) is 3. The highest BCUT2D eigenvalue weighted by molar-refractivity contribution is 5.68. The molecule has 0 aliphatic carbocycles. The summed E-state index contributed by atoms with van der Waals surface area (Å²) >= 11 is 0. The Bertz CT molecular complexity index is 505. The molecule has 0 aromatic rings. The molecule has 1 amide bonds. The number of hydrogen-bond donors (Lipinski definition) is 5. The second-order valence-electron chi connectivity index (χ2n) is 7.94. The molecule has 0 spiro atoms. The molecule has 0 bridgehead atoms. The molecule has 0 aromatic heterocycles. The van der Waals surface area contributed by atoms with E-state index in [0.717, 1.165) is 31.5 Å². The van der Waals surface area contributed by atoms with Crippen LogP contribution in [-0.4, -0.2) is 76.3 Å². The summed E-state index contributed by atoms with van der Waals surface area (Å²) in [5, 5.41) is 32.5. The number of hydrogen-bond acceptors (Lipinski definition) is 9. The lowest BCUT2D eigenvalue weighted by molar-refractivity contribution is -0.00458. The fourth-order valence-electron chi connectivity index (χ4n) is 2.84. The Morgan fingerprint density at radius 3 is 1.90 bits per heavy atom. The van der Waals surface area contributed by atoms with Gasteiger partial charge in [-0.25, -0.2) is 25.2 Å². The zero-order chi connectivity index (χ0) is 23.0. The molecule has 2 aliphatic rings. The third-order valence-corrected chi connectivity index (χ3v) is 4.07. The van der Waals surface area contributed by atoms with E-state index in [-0.39, 0.29) is 24.3 Å². The summed E-state index contributed by atoms with van der Waals surface area (Å²) in [5.74, 6) is 0. The van der Waals surface area contributed by atoms with E-state index in [1.54, 1.807) is 4.90 Å². The molecule has 4 atom stereocenters. The topological polar surface area (TPSA) is 164 Å². The molecule has 2 aliphatic heterocycles. The quantitative estimate of drug-likeness (QED) is 0.296. The van der Waals surface area contributed by atoms with Crippen molar-refractivity contribution < 1.29 is 29.3 Å². The fraction of sp³-hybridized carbons (Fsp3) is 0.842. The molecule has 0 radical (unpaired) electrons. The highest BCUT2D eigenvalue weighted by Crippen LogP contribution is 2.20. The fourth-order valence-corrected chi connectivity index (χ4v) is 2.84. The van der Waals surface area contributed by atoms with E-state index in [2.05, 4.69) is 12.2 Å². The Morgan fingerprint density at radius 2 is 1.55 bits per heavy atom. The number of aliphatic hydroxyl groups is 2. The minimum atomic E-state index is -0.452. The van der Waals surface area contributed by atoms with E-state index in [1.807, 2.05) is 27.7 Å². The van der Waals surface area contributed by atoms with Gasteiger partial charge in [0.1, 0.15) is 5.60 Å². The first kappa shape index (κ1) is 29.1. The SMILES string of the molecule is CC1CC(O)CCN1.CC1CC(O)CCN1C(=O)OC(C)(C)C.N=C=O.N=C=O. The number of likely N-dealkylation sites (tertiary alicyclic amines) is 1. The number of carbonyl (C=O) groups excluding carboxylic acids is 3. The number of carbonyl (C=O) groups is 1. The van der Waals surface area contributed by atoms with Crippen LogP contribution in [0, 0.1) is 10.8 Å². The van der Waals surface area contributed by atoms with Gasteiger partial charge in [-0.2, -0.15) is 0 Å². The van der Waals surface area contributed by atoms with E-state index < -0.39 is 5.60 Å². The normalized spacial score (nSPS) is 25.8. The van der Waals surface area contributed by atoms with Gasteiger partial charge in [0.15, 0.2) is 0 Å².